The van der Waals surface area contributed by atoms with Gasteiger partial charge in [0.2, 0.25) is 0 Å². The average Bonchev–Trinajstić information content (AvgIpc) is 3.09. The van der Waals surface area contributed by atoms with Crippen LogP contribution in [0.1, 0.15) is 32.4 Å². The fraction of sp³-hybridized carbons (Fsp3) is 0.500. The second-order valence-electron chi connectivity index (χ2n) is 6.24. The fourth-order valence-electron chi connectivity index (χ4n) is 3.08. The van der Waals surface area contributed by atoms with Gasteiger partial charge in [0, 0.05) is 12.6 Å². The molecule has 1 N–H and O–H groups in total. The summed E-state index contributed by atoms with van der Waals surface area (Å²) in [4.78, 5) is 3.96. The molecular formula is C16H22N4O. The normalized spacial score (nSPS) is 20.0. The molecule has 1 fully saturated rings. The first-order chi connectivity index (χ1) is 10.0. The third-order valence-electron chi connectivity index (χ3n) is 4.07. The van der Waals surface area contributed by atoms with Crippen LogP contribution in [0.25, 0.3) is 5.69 Å². The average molecular weight is 286 g/mol. The first-order valence-electron chi connectivity index (χ1n) is 7.47. The van der Waals surface area contributed by atoms with Gasteiger partial charge >= 0.3 is 0 Å². The molecule has 0 bridgehead atoms. The van der Waals surface area contributed by atoms with E-state index >= 15 is 0 Å². The molecule has 1 atom stereocenters. The zero-order valence-corrected chi connectivity index (χ0v) is 12.6. The van der Waals surface area contributed by atoms with Gasteiger partial charge in [0.15, 0.2) is 0 Å². The number of hydrogen-bond donors (Lipinski definition) is 1. The summed E-state index contributed by atoms with van der Waals surface area (Å²) >= 11 is 0. The Labute approximate surface area is 125 Å². The quantitative estimate of drug-likeness (QED) is 0.934. The number of hydrogen-bond acceptors (Lipinski definition) is 4. The molecule has 21 heavy (non-hydrogen) atoms. The van der Waals surface area contributed by atoms with Crippen molar-refractivity contribution < 1.29 is 5.11 Å². The second kappa shape index (κ2) is 5.58. The lowest BCUT2D eigenvalue weighted by Gasteiger charge is -2.33. The van der Waals surface area contributed by atoms with Crippen molar-refractivity contribution >= 4 is 0 Å². The maximum absolute atomic E-state index is 10.3. The molecular weight excluding hydrogens is 264 g/mol. The van der Waals surface area contributed by atoms with Crippen molar-refractivity contribution in [2.24, 2.45) is 0 Å². The molecule has 0 amide bonds. The molecule has 2 aromatic rings. The lowest BCUT2D eigenvalue weighted by molar-refractivity contribution is -0.00539. The van der Waals surface area contributed by atoms with Crippen molar-refractivity contribution in [2.75, 3.05) is 6.54 Å². The van der Waals surface area contributed by atoms with E-state index in [1.807, 2.05) is 50.4 Å². The Kier molecular flexibility index (Phi) is 3.78. The first-order valence-corrected chi connectivity index (χ1v) is 7.47. The smallest absolute Gasteiger partial charge is 0.0971 e. The maximum Gasteiger partial charge on any atom is 0.0971 e. The lowest BCUT2D eigenvalue weighted by Crippen LogP contribution is -2.45. The Morgan fingerprint density at radius 1 is 1.29 bits per heavy atom. The summed E-state index contributed by atoms with van der Waals surface area (Å²) in [5.74, 6) is 0. The Morgan fingerprint density at radius 2 is 2.05 bits per heavy atom. The minimum absolute atomic E-state index is 0.194. The highest BCUT2D eigenvalue weighted by Gasteiger charge is 2.35. The molecule has 1 unspecified atom stereocenters. The van der Waals surface area contributed by atoms with Gasteiger partial charge in [0.1, 0.15) is 0 Å². The zero-order valence-electron chi connectivity index (χ0n) is 12.6. The van der Waals surface area contributed by atoms with Crippen LogP contribution in [0.15, 0.2) is 36.5 Å². The van der Waals surface area contributed by atoms with Crippen molar-refractivity contribution in [3.05, 3.63) is 42.2 Å². The minimum Gasteiger partial charge on any atom is -0.389 e. The monoisotopic (exact) mass is 286 g/mol. The van der Waals surface area contributed by atoms with Gasteiger partial charge < -0.3 is 5.11 Å². The largest absolute Gasteiger partial charge is 0.389 e. The Balaban J connectivity index is 1.73. The Morgan fingerprint density at radius 3 is 2.76 bits per heavy atom. The molecule has 0 radical (unpaired) electrons. The first kappa shape index (κ1) is 14.2. The summed E-state index contributed by atoms with van der Waals surface area (Å²) in [5, 5.41) is 19.1. The minimum atomic E-state index is -0.675. The van der Waals surface area contributed by atoms with Crippen molar-refractivity contribution in [1.29, 1.82) is 0 Å². The van der Waals surface area contributed by atoms with E-state index in [1.165, 1.54) is 0 Å². The predicted molar refractivity (Wildman–Crippen MR) is 81.1 cm³/mol. The van der Waals surface area contributed by atoms with E-state index in [2.05, 4.69) is 15.1 Å². The molecule has 0 saturated carbocycles. The lowest BCUT2D eigenvalue weighted by atomic mass is 9.96. The van der Waals surface area contributed by atoms with Gasteiger partial charge in [-0.1, -0.05) is 18.2 Å². The summed E-state index contributed by atoms with van der Waals surface area (Å²) in [5.41, 5.74) is 1.23. The third-order valence-corrected chi connectivity index (χ3v) is 4.07. The Bertz CT molecular complexity index is 588. The standard InChI is InChI=1S/C16H22N4O/c1-16(2,21)15-9-6-10-19(15)12-13-11-17-20(18-13)14-7-4-3-5-8-14/h3-5,7-8,11,15,21H,6,9-10,12H2,1-2H3. The van der Waals surface area contributed by atoms with Crippen molar-refractivity contribution in [2.45, 2.75) is 44.9 Å². The zero-order chi connectivity index (χ0) is 14.9. The molecule has 5 nitrogen and oxygen atoms in total. The van der Waals surface area contributed by atoms with Crippen LogP contribution >= 0.6 is 0 Å². The molecule has 1 aliphatic rings. The summed E-state index contributed by atoms with van der Waals surface area (Å²) < 4.78 is 0. The number of benzene rings is 1. The molecule has 0 aliphatic carbocycles. The van der Waals surface area contributed by atoms with Crippen LogP contribution in [0.3, 0.4) is 0 Å². The molecule has 0 spiro atoms. The highest BCUT2D eigenvalue weighted by molar-refractivity contribution is 5.28. The van der Waals surface area contributed by atoms with Crippen molar-refractivity contribution in [3.63, 3.8) is 0 Å². The number of aromatic nitrogens is 3. The van der Waals surface area contributed by atoms with E-state index in [4.69, 9.17) is 0 Å². The SMILES string of the molecule is CC(C)(O)C1CCCN1Cc1cnn(-c2ccccc2)n1. The summed E-state index contributed by atoms with van der Waals surface area (Å²) in [7, 11) is 0. The molecule has 1 aromatic heterocycles. The Hall–Kier alpha value is -1.72. The molecule has 2 heterocycles. The highest BCUT2D eigenvalue weighted by Crippen LogP contribution is 2.27. The number of para-hydroxylation sites is 1. The number of rotatable bonds is 4. The molecule has 1 saturated heterocycles. The van der Waals surface area contributed by atoms with E-state index in [1.54, 1.807) is 4.80 Å². The predicted octanol–water partition coefficient (Wildman–Crippen LogP) is 2.00. The van der Waals surface area contributed by atoms with Gasteiger partial charge in [0.05, 0.1) is 23.2 Å². The van der Waals surface area contributed by atoms with Crippen molar-refractivity contribution in [1.82, 2.24) is 19.9 Å². The van der Waals surface area contributed by atoms with Crippen LogP contribution in [-0.4, -0.2) is 43.2 Å². The van der Waals surface area contributed by atoms with Gasteiger partial charge in [-0.05, 0) is 45.4 Å². The highest BCUT2D eigenvalue weighted by atomic mass is 16.3. The summed E-state index contributed by atoms with van der Waals surface area (Å²) in [6, 6.07) is 10.1. The summed E-state index contributed by atoms with van der Waals surface area (Å²) in [6.45, 7) is 5.52. The fourth-order valence-corrected chi connectivity index (χ4v) is 3.08. The van der Waals surface area contributed by atoms with Gasteiger partial charge in [-0.25, -0.2) is 0 Å². The molecule has 1 aromatic carbocycles. The van der Waals surface area contributed by atoms with Crippen LogP contribution in [-0.2, 0) is 6.54 Å². The van der Waals surface area contributed by atoms with Crippen molar-refractivity contribution in [3.8, 4) is 5.69 Å². The van der Waals surface area contributed by atoms with Gasteiger partial charge in [-0.2, -0.15) is 15.0 Å². The van der Waals surface area contributed by atoms with Crippen LogP contribution in [0.5, 0.6) is 0 Å². The maximum atomic E-state index is 10.3. The van der Waals surface area contributed by atoms with Crippen LogP contribution < -0.4 is 0 Å². The van der Waals surface area contributed by atoms with E-state index < -0.39 is 5.60 Å². The molecule has 1 aliphatic heterocycles. The van der Waals surface area contributed by atoms with Gasteiger partial charge in [-0.3, -0.25) is 4.90 Å². The topological polar surface area (TPSA) is 54.2 Å². The second-order valence-corrected chi connectivity index (χ2v) is 6.24. The molecule has 5 heteroatoms. The van der Waals surface area contributed by atoms with E-state index in [0.29, 0.717) is 0 Å². The van der Waals surface area contributed by atoms with Crippen LogP contribution in [0.4, 0.5) is 0 Å². The number of likely N-dealkylation sites (tertiary alicyclic amines) is 1. The summed E-state index contributed by atoms with van der Waals surface area (Å²) in [6.07, 6.45) is 3.98. The molecule has 3 rings (SSSR count). The van der Waals surface area contributed by atoms with E-state index in [0.717, 1.165) is 37.3 Å². The van der Waals surface area contributed by atoms with Crippen LogP contribution in [0.2, 0.25) is 0 Å². The molecule has 112 valence electrons. The van der Waals surface area contributed by atoms with Gasteiger partial charge in [-0.15, -0.1) is 0 Å². The van der Waals surface area contributed by atoms with Crippen LogP contribution in [0, 0.1) is 0 Å². The number of nitrogens with zero attached hydrogens (tertiary/aromatic N) is 4. The number of aliphatic hydroxyl groups is 1. The van der Waals surface area contributed by atoms with Gasteiger partial charge in [0.25, 0.3) is 0 Å². The third kappa shape index (κ3) is 3.14. The van der Waals surface area contributed by atoms with E-state index in [9.17, 15) is 5.11 Å². The van der Waals surface area contributed by atoms with E-state index in [-0.39, 0.29) is 6.04 Å².